The van der Waals surface area contributed by atoms with Crippen molar-refractivity contribution in [2.45, 2.75) is 13.3 Å². The van der Waals surface area contributed by atoms with Crippen LogP contribution in [0, 0.1) is 0 Å². The number of carbonyl (C=O) groups is 1. The molecule has 2 aromatic heterocycles. The molecule has 3 rings (SSSR count). The van der Waals surface area contributed by atoms with Crippen molar-refractivity contribution in [3.8, 4) is 0 Å². The van der Waals surface area contributed by atoms with Crippen LogP contribution in [0.3, 0.4) is 0 Å². The van der Waals surface area contributed by atoms with E-state index in [1.165, 1.54) is 5.56 Å². The Labute approximate surface area is 103 Å². The number of hydrogen-bond acceptors (Lipinski definition) is 2. The van der Waals surface area contributed by atoms with Crippen molar-refractivity contribution < 1.29 is 9.90 Å². The van der Waals surface area contributed by atoms with E-state index in [-0.39, 0.29) is 5.69 Å². The summed E-state index contributed by atoms with van der Waals surface area (Å²) in [5.74, 6) is -0.293. The SMILES string of the molecule is CCc1ccc2nc3n(C)c(C(=O)O)cn3c2c1. The molecule has 0 saturated carbocycles. The summed E-state index contributed by atoms with van der Waals surface area (Å²) in [6, 6.07) is 6.08. The van der Waals surface area contributed by atoms with Crippen LogP contribution in [0.15, 0.2) is 24.4 Å². The number of benzene rings is 1. The zero-order chi connectivity index (χ0) is 12.9. The molecular weight excluding hydrogens is 230 g/mol. The predicted octanol–water partition coefficient (Wildman–Crippen LogP) is 2.09. The van der Waals surface area contributed by atoms with Gasteiger partial charge in [0.1, 0.15) is 5.69 Å². The molecule has 0 spiro atoms. The number of aromatic nitrogens is 3. The fraction of sp³-hybridized carbons (Fsp3) is 0.231. The Balaban J connectivity index is 2.40. The molecule has 2 heterocycles. The average molecular weight is 243 g/mol. The Morgan fingerprint density at radius 3 is 2.89 bits per heavy atom. The lowest BCUT2D eigenvalue weighted by atomic mass is 10.1. The summed E-state index contributed by atoms with van der Waals surface area (Å²) in [6.07, 6.45) is 2.56. The molecule has 0 aliphatic heterocycles. The largest absolute Gasteiger partial charge is 0.477 e. The second-order valence-electron chi connectivity index (χ2n) is 4.34. The van der Waals surface area contributed by atoms with E-state index in [0.29, 0.717) is 5.78 Å². The van der Waals surface area contributed by atoms with E-state index in [4.69, 9.17) is 5.11 Å². The molecule has 92 valence electrons. The maximum absolute atomic E-state index is 11.1. The molecule has 5 nitrogen and oxygen atoms in total. The monoisotopic (exact) mass is 243 g/mol. The smallest absolute Gasteiger partial charge is 0.354 e. The van der Waals surface area contributed by atoms with Crippen LogP contribution in [0.1, 0.15) is 23.0 Å². The second-order valence-corrected chi connectivity index (χ2v) is 4.34. The van der Waals surface area contributed by atoms with Crippen molar-refractivity contribution in [1.82, 2.24) is 14.0 Å². The maximum Gasteiger partial charge on any atom is 0.354 e. The molecular formula is C13H13N3O2. The lowest BCUT2D eigenvalue weighted by molar-refractivity contribution is 0.0687. The topological polar surface area (TPSA) is 59.5 Å². The highest BCUT2D eigenvalue weighted by Crippen LogP contribution is 2.20. The average Bonchev–Trinajstić information content (AvgIpc) is 2.86. The fourth-order valence-electron chi connectivity index (χ4n) is 2.22. The molecule has 0 amide bonds. The van der Waals surface area contributed by atoms with Gasteiger partial charge >= 0.3 is 5.97 Å². The van der Waals surface area contributed by atoms with Crippen LogP contribution < -0.4 is 0 Å². The molecule has 0 radical (unpaired) electrons. The third-order valence-corrected chi connectivity index (χ3v) is 3.28. The number of nitrogens with zero attached hydrogens (tertiary/aromatic N) is 3. The van der Waals surface area contributed by atoms with Gasteiger partial charge in [-0.25, -0.2) is 9.78 Å². The van der Waals surface area contributed by atoms with Crippen molar-refractivity contribution in [1.29, 1.82) is 0 Å². The van der Waals surface area contributed by atoms with E-state index in [0.717, 1.165) is 17.5 Å². The Bertz CT molecular complexity index is 767. The number of aromatic carboxylic acids is 1. The molecule has 0 unspecified atom stereocenters. The zero-order valence-electron chi connectivity index (χ0n) is 10.2. The minimum Gasteiger partial charge on any atom is -0.477 e. The second kappa shape index (κ2) is 3.60. The Hall–Kier alpha value is -2.30. The van der Waals surface area contributed by atoms with Gasteiger partial charge in [-0.3, -0.25) is 4.40 Å². The van der Waals surface area contributed by atoms with Gasteiger partial charge < -0.3 is 9.67 Å². The number of imidazole rings is 2. The summed E-state index contributed by atoms with van der Waals surface area (Å²) in [6.45, 7) is 2.09. The number of hydrogen-bond donors (Lipinski definition) is 1. The Morgan fingerprint density at radius 1 is 1.44 bits per heavy atom. The van der Waals surface area contributed by atoms with E-state index in [2.05, 4.69) is 18.0 Å². The molecule has 0 atom stereocenters. The molecule has 0 saturated heterocycles. The molecule has 1 N–H and O–H groups in total. The minimum absolute atomic E-state index is 0.237. The van der Waals surface area contributed by atoms with Gasteiger partial charge in [-0.1, -0.05) is 13.0 Å². The number of carboxylic acids is 1. The summed E-state index contributed by atoms with van der Waals surface area (Å²) >= 11 is 0. The fourth-order valence-corrected chi connectivity index (χ4v) is 2.22. The van der Waals surface area contributed by atoms with Gasteiger partial charge in [0.05, 0.1) is 11.0 Å². The van der Waals surface area contributed by atoms with Crippen LogP contribution in [0.2, 0.25) is 0 Å². The molecule has 5 heteroatoms. The van der Waals surface area contributed by atoms with E-state index < -0.39 is 5.97 Å². The van der Waals surface area contributed by atoms with E-state index >= 15 is 0 Å². The van der Waals surface area contributed by atoms with Crippen LogP contribution in [0.5, 0.6) is 0 Å². The predicted molar refractivity (Wildman–Crippen MR) is 68.0 cm³/mol. The highest BCUT2D eigenvalue weighted by atomic mass is 16.4. The van der Waals surface area contributed by atoms with Gasteiger partial charge in [-0.2, -0.15) is 0 Å². The van der Waals surface area contributed by atoms with Gasteiger partial charge in [0.2, 0.25) is 5.78 Å². The van der Waals surface area contributed by atoms with Crippen LogP contribution >= 0.6 is 0 Å². The first kappa shape index (κ1) is 10.8. The molecule has 0 aliphatic carbocycles. The van der Waals surface area contributed by atoms with Crippen LogP contribution in [0.25, 0.3) is 16.8 Å². The summed E-state index contributed by atoms with van der Waals surface area (Å²) in [7, 11) is 1.71. The first-order valence-corrected chi connectivity index (χ1v) is 5.81. The van der Waals surface area contributed by atoms with Gasteiger partial charge in [0.15, 0.2) is 0 Å². The van der Waals surface area contributed by atoms with Crippen molar-refractivity contribution in [2.24, 2.45) is 7.05 Å². The van der Waals surface area contributed by atoms with Gasteiger partial charge in [0.25, 0.3) is 0 Å². The molecule has 0 aliphatic rings. The lowest BCUT2D eigenvalue weighted by Gasteiger charge is -1.96. The summed E-state index contributed by atoms with van der Waals surface area (Å²) < 4.78 is 3.42. The van der Waals surface area contributed by atoms with Gasteiger partial charge in [0, 0.05) is 13.2 Å². The number of aryl methyl sites for hydroxylation is 2. The third-order valence-electron chi connectivity index (χ3n) is 3.28. The molecule has 1 aromatic carbocycles. The van der Waals surface area contributed by atoms with Crippen LogP contribution in [-0.4, -0.2) is 25.0 Å². The van der Waals surface area contributed by atoms with Crippen LogP contribution in [-0.2, 0) is 13.5 Å². The van der Waals surface area contributed by atoms with Crippen molar-refractivity contribution >= 4 is 22.8 Å². The summed E-state index contributed by atoms with van der Waals surface area (Å²) in [5.41, 5.74) is 3.29. The normalized spacial score (nSPS) is 11.4. The molecule has 18 heavy (non-hydrogen) atoms. The van der Waals surface area contributed by atoms with Crippen molar-refractivity contribution in [3.63, 3.8) is 0 Å². The van der Waals surface area contributed by atoms with Crippen molar-refractivity contribution in [3.05, 3.63) is 35.7 Å². The first-order chi connectivity index (χ1) is 8.61. The number of fused-ring (bicyclic) bond motifs is 3. The standard InChI is InChI=1S/C13H13N3O2/c1-3-8-4-5-9-10(6-8)16-7-11(12(17)18)15(2)13(16)14-9/h4-7H,3H2,1-2H3,(H,17,18). The first-order valence-electron chi connectivity index (χ1n) is 5.81. The van der Waals surface area contributed by atoms with Gasteiger partial charge in [-0.15, -0.1) is 0 Å². The summed E-state index contributed by atoms with van der Waals surface area (Å²) in [5, 5.41) is 9.10. The maximum atomic E-state index is 11.1. The van der Waals surface area contributed by atoms with Crippen molar-refractivity contribution in [2.75, 3.05) is 0 Å². The van der Waals surface area contributed by atoms with Gasteiger partial charge in [-0.05, 0) is 24.1 Å². The highest BCUT2D eigenvalue weighted by molar-refractivity contribution is 5.88. The van der Waals surface area contributed by atoms with E-state index in [9.17, 15) is 4.79 Å². The third kappa shape index (κ3) is 1.33. The highest BCUT2D eigenvalue weighted by Gasteiger charge is 2.15. The van der Waals surface area contributed by atoms with E-state index in [1.807, 2.05) is 16.5 Å². The quantitative estimate of drug-likeness (QED) is 0.749. The molecule has 3 aromatic rings. The summed E-state index contributed by atoms with van der Waals surface area (Å²) in [4.78, 5) is 15.5. The van der Waals surface area contributed by atoms with Crippen LogP contribution in [0.4, 0.5) is 0 Å². The Kier molecular flexibility index (Phi) is 2.16. The number of carboxylic acid groups (broad SMARTS) is 1. The van der Waals surface area contributed by atoms with E-state index in [1.54, 1.807) is 17.8 Å². The minimum atomic E-state index is -0.942. The zero-order valence-corrected chi connectivity index (χ0v) is 10.2. The molecule has 0 fully saturated rings. The number of rotatable bonds is 2. The Morgan fingerprint density at radius 2 is 2.22 bits per heavy atom. The molecule has 0 bridgehead atoms. The lowest BCUT2D eigenvalue weighted by Crippen LogP contribution is -2.03.